The van der Waals surface area contributed by atoms with Crippen LogP contribution in [-0.4, -0.2) is 32.2 Å². The molecule has 120 valence electrons. The van der Waals surface area contributed by atoms with Gasteiger partial charge in [-0.15, -0.1) is 0 Å². The highest BCUT2D eigenvalue weighted by Crippen LogP contribution is 2.39. The van der Waals surface area contributed by atoms with E-state index in [-0.39, 0.29) is 17.3 Å². The molecule has 0 unspecified atom stereocenters. The SMILES string of the molecule is COc1cccc(C(=O)C=Cc2ccc(OC)c(O)c2OC)c1. The number of methoxy groups -OCH3 is 3. The molecule has 0 aromatic heterocycles. The Hall–Kier alpha value is -2.95. The van der Waals surface area contributed by atoms with Crippen molar-refractivity contribution in [2.45, 2.75) is 0 Å². The first-order chi connectivity index (χ1) is 11.1. The zero-order valence-electron chi connectivity index (χ0n) is 13.2. The number of hydrogen-bond acceptors (Lipinski definition) is 5. The van der Waals surface area contributed by atoms with Crippen molar-refractivity contribution in [1.82, 2.24) is 0 Å². The third kappa shape index (κ3) is 3.63. The normalized spacial score (nSPS) is 10.6. The topological polar surface area (TPSA) is 65.0 Å². The van der Waals surface area contributed by atoms with Crippen LogP contribution in [-0.2, 0) is 0 Å². The van der Waals surface area contributed by atoms with Crippen LogP contribution in [0, 0.1) is 0 Å². The van der Waals surface area contributed by atoms with Crippen LogP contribution in [0.25, 0.3) is 6.08 Å². The fourth-order valence-electron chi connectivity index (χ4n) is 2.12. The predicted molar refractivity (Wildman–Crippen MR) is 87.6 cm³/mol. The number of carbonyl (C=O) groups is 1. The number of rotatable bonds is 6. The summed E-state index contributed by atoms with van der Waals surface area (Å²) >= 11 is 0. The lowest BCUT2D eigenvalue weighted by atomic mass is 10.1. The zero-order valence-corrected chi connectivity index (χ0v) is 13.2. The molecule has 0 saturated carbocycles. The summed E-state index contributed by atoms with van der Waals surface area (Å²) in [6.45, 7) is 0. The lowest BCUT2D eigenvalue weighted by Crippen LogP contribution is -1.96. The number of carbonyl (C=O) groups excluding carboxylic acids is 1. The zero-order chi connectivity index (χ0) is 16.8. The number of phenolic OH excluding ortho intramolecular Hbond substituents is 1. The maximum atomic E-state index is 12.2. The number of allylic oxidation sites excluding steroid dienone is 1. The minimum Gasteiger partial charge on any atom is -0.502 e. The average molecular weight is 314 g/mol. The molecule has 5 heteroatoms. The van der Waals surface area contributed by atoms with E-state index in [0.29, 0.717) is 22.6 Å². The van der Waals surface area contributed by atoms with Crippen LogP contribution in [0.2, 0.25) is 0 Å². The number of ether oxygens (including phenoxy) is 3. The van der Waals surface area contributed by atoms with Crippen LogP contribution < -0.4 is 14.2 Å². The van der Waals surface area contributed by atoms with Crippen molar-refractivity contribution in [3.05, 3.63) is 53.6 Å². The van der Waals surface area contributed by atoms with Crippen molar-refractivity contribution in [3.63, 3.8) is 0 Å². The first kappa shape index (κ1) is 16.4. The van der Waals surface area contributed by atoms with Crippen LogP contribution in [0.3, 0.4) is 0 Å². The van der Waals surface area contributed by atoms with Gasteiger partial charge in [0.05, 0.1) is 21.3 Å². The third-order valence-corrected chi connectivity index (χ3v) is 3.32. The molecule has 0 heterocycles. The Morgan fingerprint density at radius 1 is 1.04 bits per heavy atom. The van der Waals surface area contributed by atoms with E-state index in [1.165, 1.54) is 20.3 Å². The number of ketones is 1. The highest BCUT2D eigenvalue weighted by atomic mass is 16.5. The molecule has 0 fully saturated rings. The van der Waals surface area contributed by atoms with E-state index < -0.39 is 0 Å². The summed E-state index contributed by atoms with van der Waals surface area (Å²) in [6, 6.07) is 10.2. The van der Waals surface area contributed by atoms with E-state index in [2.05, 4.69) is 0 Å². The first-order valence-electron chi connectivity index (χ1n) is 6.91. The van der Waals surface area contributed by atoms with Gasteiger partial charge in [-0.1, -0.05) is 12.1 Å². The smallest absolute Gasteiger partial charge is 0.201 e. The van der Waals surface area contributed by atoms with Gasteiger partial charge in [0.15, 0.2) is 17.3 Å². The van der Waals surface area contributed by atoms with Crippen molar-refractivity contribution in [1.29, 1.82) is 0 Å². The molecule has 0 aliphatic heterocycles. The molecule has 0 saturated heterocycles. The van der Waals surface area contributed by atoms with Gasteiger partial charge in [0.1, 0.15) is 5.75 Å². The van der Waals surface area contributed by atoms with Crippen LogP contribution in [0.4, 0.5) is 0 Å². The molecule has 2 rings (SSSR count). The number of hydrogen-bond donors (Lipinski definition) is 1. The summed E-state index contributed by atoms with van der Waals surface area (Å²) in [6.07, 6.45) is 3.00. The first-order valence-corrected chi connectivity index (χ1v) is 6.91. The van der Waals surface area contributed by atoms with Gasteiger partial charge in [-0.2, -0.15) is 0 Å². The van der Waals surface area contributed by atoms with E-state index in [0.717, 1.165) is 0 Å². The van der Waals surface area contributed by atoms with Crippen LogP contribution in [0.15, 0.2) is 42.5 Å². The molecule has 1 N–H and O–H groups in total. The van der Waals surface area contributed by atoms with Crippen molar-refractivity contribution in [2.24, 2.45) is 0 Å². The van der Waals surface area contributed by atoms with Crippen LogP contribution >= 0.6 is 0 Å². The van der Waals surface area contributed by atoms with Crippen molar-refractivity contribution in [3.8, 4) is 23.0 Å². The molecule has 5 nitrogen and oxygen atoms in total. The Morgan fingerprint density at radius 2 is 1.83 bits per heavy atom. The number of benzene rings is 2. The molecule has 0 aliphatic rings. The van der Waals surface area contributed by atoms with Gasteiger partial charge in [0.25, 0.3) is 0 Å². The van der Waals surface area contributed by atoms with Crippen molar-refractivity contribution in [2.75, 3.05) is 21.3 Å². The number of phenols is 1. The Labute approximate surface area is 134 Å². The summed E-state index contributed by atoms with van der Waals surface area (Å²) in [7, 11) is 4.44. The molecule has 0 radical (unpaired) electrons. The average Bonchev–Trinajstić information content (AvgIpc) is 2.59. The highest BCUT2D eigenvalue weighted by Gasteiger charge is 2.12. The summed E-state index contributed by atoms with van der Waals surface area (Å²) in [4.78, 5) is 12.2. The lowest BCUT2D eigenvalue weighted by molar-refractivity contribution is 0.104. The summed E-state index contributed by atoms with van der Waals surface area (Å²) in [5.41, 5.74) is 1.08. The molecule has 23 heavy (non-hydrogen) atoms. The van der Waals surface area contributed by atoms with Gasteiger partial charge < -0.3 is 19.3 Å². The Bertz CT molecular complexity index is 734. The maximum Gasteiger partial charge on any atom is 0.201 e. The van der Waals surface area contributed by atoms with E-state index in [9.17, 15) is 9.90 Å². The maximum absolute atomic E-state index is 12.2. The Balaban J connectivity index is 2.29. The quantitative estimate of drug-likeness (QED) is 0.654. The van der Waals surface area contributed by atoms with Gasteiger partial charge >= 0.3 is 0 Å². The second-order valence-electron chi connectivity index (χ2n) is 4.67. The molecule has 0 atom stereocenters. The second kappa shape index (κ2) is 7.35. The van der Waals surface area contributed by atoms with E-state index in [1.54, 1.807) is 49.6 Å². The van der Waals surface area contributed by atoms with Crippen molar-refractivity contribution < 1.29 is 24.1 Å². The summed E-state index contributed by atoms with van der Waals surface area (Å²) < 4.78 is 15.3. The second-order valence-corrected chi connectivity index (χ2v) is 4.67. The van der Waals surface area contributed by atoms with E-state index >= 15 is 0 Å². The lowest BCUT2D eigenvalue weighted by Gasteiger charge is -2.10. The molecule has 0 bridgehead atoms. The third-order valence-electron chi connectivity index (χ3n) is 3.32. The summed E-state index contributed by atoms with van der Waals surface area (Å²) in [5, 5.41) is 10.0. The highest BCUT2D eigenvalue weighted by molar-refractivity contribution is 6.07. The minimum atomic E-state index is -0.179. The largest absolute Gasteiger partial charge is 0.502 e. The molecule has 2 aromatic rings. The van der Waals surface area contributed by atoms with Gasteiger partial charge in [-0.3, -0.25) is 4.79 Å². The Kier molecular flexibility index (Phi) is 5.25. The van der Waals surface area contributed by atoms with Crippen LogP contribution in [0.5, 0.6) is 23.0 Å². The fraction of sp³-hybridized carbons (Fsp3) is 0.167. The molecule has 2 aromatic carbocycles. The Morgan fingerprint density at radius 3 is 2.48 bits per heavy atom. The van der Waals surface area contributed by atoms with Gasteiger partial charge in [0.2, 0.25) is 5.75 Å². The van der Waals surface area contributed by atoms with Gasteiger partial charge in [-0.05, 0) is 36.4 Å². The molecular formula is C18H18O5. The van der Waals surface area contributed by atoms with E-state index in [1.807, 2.05) is 0 Å². The molecule has 0 aliphatic carbocycles. The molecular weight excluding hydrogens is 296 g/mol. The fourth-order valence-corrected chi connectivity index (χ4v) is 2.12. The molecule has 0 amide bonds. The van der Waals surface area contributed by atoms with Crippen LogP contribution in [0.1, 0.15) is 15.9 Å². The monoisotopic (exact) mass is 314 g/mol. The predicted octanol–water partition coefficient (Wildman–Crippen LogP) is 3.31. The standard InChI is InChI=1S/C18H18O5/c1-21-14-6-4-5-13(11-14)15(19)9-7-12-8-10-16(22-2)17(20)18(12)23-3/h4-11,20H,1-3H3. The number of aromatic hydroxyl groups is 1. The van der Waals surface area contributed by atoms with E-state index in [4.69, 9.17) is 14.2 Å². The minimum absolute atomic E-state index is 0.106. The van der Waals surface area contributed by atoms with Gasteiger partial charge in [-0.25, -0.2) is 0 Å². The summed E-state index contributed by atoms with van der Waals surface area (Å²) in [5.74, 6) is 0.883. The van der Waals surface area contributed by atoms with Gasteiger partial charge in [0, 0.05) is 11.1 Å². The molecule has 0 spiro atoms. The van der Waals surface area contributed by atoms with Crippen molar-refractivity contribution >= 4 is 11.9 Å².